The van der Waals surface area contributed by atoms with Crippen molar-refractivity contribution in [3.05, 3.63) is 71.4 Å². The quantitative estimate of drug-likeness (QED) is 0.425. The normalized spacial score (nSPS) is 10.7. The zero-order chi connectivity index (χ0) is 20.5. The minimum absolute atomic E-state index is 0.0435. The van der Waals surface area contributed by atoms with Crippen LogP contribution in [0.2, 0.25) is 0 Å². The average Bonchev–Trinajstić information content (AvgIpc) is 2.71. The van der Waals surface area contributed by atoms with Crippen molar-refractivity contribution < 1.29 is 33.7 Å². The van der Waals surface area contributed by atoms with Crippen LogP contribution in [0, 0.1) is 0 Å². The van der Waals surface area contributed by atoms with Crippen molar-refractivity contribution >= 4 is 23.6 Å². The first-order valence-corrected chi connectivity index (χ1v) is 8.13. The van der Waals surface area contributed by atoms with Crippen LogP contribution < -0.4 is 5.32 Å². The van der Waals surface area contributed by atoms with Crippen molar-refractivity contribution in [3.63, 3.8) is 0 Å². The Bertz CT molecular complexity index is 891. The second kappa shape index (κ2) is 9.77. The van der Waals surface area contributed by atoms with E-state index in [9.17, 15) is 19.5 Å². The number of carbonyl (C=O) groups is 3. The highest BCUT2D eigenvalue weighted by Crippen LogP contribution is 2.24. The van der Waals surface area contributed by atoms with Gasteiger partial charge in [-0.25, -0.2) is 14.4 Å². The van der Waals surface area contributed by atoms with Gasteiger partial charge < -0.3 is 24.6 Å². The minimum atomic E-state index is -0.809. The number of phenolic OH excluding ortho intramolecular Hbond substituents is 1. The highest BCUT2D eigenvalue weighted by Gasteiger charge is 2.16. The van der Waals surface area contributed by atoms with Crippen molar-refractivity contribution in [3.8, 4) is 5.75 Å². The topological polar surface area (TPSA) is 111 Å². The lowest BCUT2D eigenvalue weighted by atomic mass is 10.1. The zero-order valence-corrected chi connectivity index (χ0v) is 15.3. The summed E-state index contributed by atoms with van der Waals surface area (Å²) in [6.45, 7) is 0.0630. The average molecular weight is 385 g/mol. The molecule has 0 aromatic heterocycles. The first-order chi connectivity index (χ1) is 13.4. The van der Waals surface area contributed by atoms with Gasteiger partial charge in [0, 0.05) is 11.8 Å². The molecule has 0 radical (unpaired) electrons. The molecule has 28 heavy (non-hydrogen) atoms. The molecule has 0 unspecified atom stereocenters. The molecule has 146 valence electrons. The summed E-state index contributed by atoms with van der Waals surface area (Å²) in [6.07, 6.45) is 0.908. The van der Waals surface area contributed by atoms with Crippen molar-refractivity contribution in [2.75, 3.05) is 19.5 Å². The van der Waals surface area contributed by atoms with Crippen LogP contribution in [0.5, 0.6) is 5.75 Å². The van der Waals surface area contributed by atoms with E-state index in [1.54, 1.807) is 0 Å². The summed E-state index contributed by atoms with van der Waals surface area (Å²) < 4.78 is 14.2. The molecular weight excluding hydrogens is 366 g/mol. The van der Waals surface area contributed by atoms with Crippen LogP contribution in [0.15, 0.2) is 60.3 Å². The first-order valence-electron chi connectivity index (χ1n) is 8.13. The number of aromatic hydroxyl groups is 1. The molecule has 0 fully saturated rings. The maximum Gasteiger partial charge on any atom is 0.354 e. The van der Waals surface area contributed by atoms with E-state index in [-0.39, 0.29) is 29.3 Å². The second-order valence-corrected chi connectivity index (χ2v) is 5.49. The van der Waals surface area contributed by atoms with E-state index in [4.69, 9.17) is 4.74 Å². The Morgan fingerprint density at radius 3 is 2.36 bits per heavy atom. The third-order valence-corrected chi connectivity index (χ3v) is 3.58. The number of esters is 3. The molecule has 0 aliphatic carbocycles. The van der Waals surface area contributed by atoms with E-state index in [0.29, 0.717) is 0 Å². The van der Waals surface area contributed by atoms with Gasteiger partial charge in [0.25, 0.3) is 0 Å². The van der Waals surface area contributed by atoms with Crippen LogP contribution in [0.1, 0.15) is 15.9 Å². The Balaban J connectivity index is 2.11. The van der Waals surface area contributed by atoms with Gasteiger partial charge in [-0.05, 0) is 17.7 Å². The molecule has 0 amide bonds. The summed E-state index contributed by atoms with van der Waals surface area (Å²) >= 11 is 0. The van der Waals surface area contributed by atoms with E-state index >= 15 is 0 Å². The van der Waals surface area contributed by atoms with Gasteiger partial charge in [-0.15, -0.1) is 0 Å². The number of rotatable bonds is 7. The number of methoxy groups -OCH3 is 2. The Labute approximate surface area is 161 Å². The number of carbonyl (C=O) groups excluding carboxylic acids is 3. The molecule has 0 atom stereocenters. The lowest BCUT2D eigenvalue weighted by molar-refractivity contribution is -0.138. The molecule has 0 saturated carbocycles. The molecule has 2 rings (SSSR count). The fraction of sp³-hybridized carbons (Fsp3) is 0.150. The van der Waals surface area contributed by atoms with E-state index in [1.165, 1.54) is 18.2 Å². The summed E-state index contributed by atoms with van der Waals surface area (Å²) in [5.74, 6) is -2.63. The van der Waals surface area contributed by atoms with E-state index in [1.807, 2.05) is 30.3 Å². The monoisotopic (exact) mass is 385 g/mol. The summed E-state index contributed by atoms with van der Waals surface area (Å²) in [5, 5.41) is 12.8. The standard InChI is InChI=1S/C20H19NO7/c1-26-18(23)11-16(20(25)27-2)21-14-8-9-15(17(22)10-14)19(24)28-12-13-6-4-3-5-7-13/h3-11,21-22H,12H2,1-2H3/b16-11+. The van der Waals surface area contributed by atoms with Gasteiger partial charge in [-0.2, -0.15) is 0 Å². The molecule has 2 aromatic carbocycles. The second-order valence-electron chi connectivity index (χ2n) is 5.49. The van der Waals surface area contributed by atoms with Crippen LogP contribution >= 0.6 is 0 Å². The Kier molecular flexibility index (Phi) is 7.15. The molecule has 0 bridgehead atoms. The molecule has 2 aromatic rings. The Hall–Kier alpha value is -3.81. The summed E-state index contributed by atoms with van der Waals surface area (Å²) in [6, 6.07) is 13.1. The van der Waals surface area contributed by atoms with Gasteiger partial charge in [-0.1, -0.05) is 30.3 Å². The maximum absolute atomic E-state index is 12.2. The summed E-state index contributed by atoms with van der Waals surface area (Å²) in [7, 11) is 2.31. The fourth-order valence-electron chi connectivity index (χ4n) is 2.17. The van der Waals surface area contributed by atoms with Gasteiger partial charge in [0.05, 0.1) is 20.3 Å². The molecule has 0 spiro atoms. The van der Waals surface area contributed by atoms with Gasteiger partial charge >= 0.3 is 17.9 Å². The lowest BCUT2D eigenvalue weighted by Gasteiger charge is -2.11. The largest absolute Gasteiger partial charge is 0.507 e. The number of phenols is 1. The van der Waals surface area contributed by atoms with Gasteiger partial charge in [0.1, 0.15) is 23.6 Å². The SMILES string of the molecule is COC(=O)/C=C(/Nc1ccc(C(=O)OCc2ccccc2)c(O)c1)C(=O)OC. The van der Waals surface area contributed by atoms with Gasteiger partial charge in [0.2, 0.25) is 0 Å². The van der Waals surface area contributed by atoms with Gasteiger partial charge in [0.15, 0.2) is 0 Å². The number of nitrogens with one attached hydrogen (secondary N) is 1. The molecule has 0 aliphatic rings. The molecule has 0 heterocycles. The van der Waals surface area contributed by atoms with E-state index < -0.39 is 17.9 Å². The first kappa shape index (κ1) is 20.5. The Morgan fingerprint density at radius 1 is 1.04 bits per heavy atom. The minimum Gasteiger partial charge on any atom is -0.507 e. The van der Waals surface area contributed by atoms with Crippen molar-refractivity contribution in [1.82, 2.24) is 0 Å². The highest BCUT2D eigenvalue weighted by molar-refractivity contribution is 5.99. The van der Waals surface area contributed by atoms with Crippen molar-refractivity contribution in [2.45, 2.75) is 6.61 Å². The molecular formula is C20H19NO7. The summed E-state index contributed by atoms with van der Waals surface area (Å²) in [5.41, 5.74) is 0.813. The smallest absolute Gasteiger partial charge is 0.354 e. The van der Waals surface area contributed by atoms with Gasteiger partial charge in [-0.3, -0.25) is 0 Å². The van der Waals surface area contributed by atoms with Crippen LogP contribution in [-0.2, 0) is 30.4 Å². The van der Waals surface area contributed by atoms with Crippen LogP contribution in [-0.4, -0.2) is 37.2 Å². The molecule has 2 N–H and O–H groups in total. The van der Waals surface area contributed by atoms with Crippen LogP contribution in [0.3, 0.4) is 0 Å². The van der Waals surface area contributed by atoms with E-state index in [0.717, 1.165) is 25.9 Å². The van der Waals surface area contributed by atoms with Crippen LogP contribution in [0.4, 0.5) is 5.69 Å². The molecule has 0 aliphatic heterocycles. The molecule has 8 heteroatoms. The molecule has 8 nitrogen and oxygen atoms in total. The zero-order valence-electron chi connectivity index (χ0n) is 15.3. The predicted octanol–water partition coefficient (Wildman–Crippen LogP) is 2.39. The van der Waals surface area contributed by atoms with Crippen molar-refractivity contribution in [1.29, 1.82) is 0 Å². The number of anilines is 1. The number of ether oxygens (including phenoxy) is 3. The fourth-order valence-corrected chi connectivity index (χ4v) is 2.17. The van der Waals surface area contributed by atoms with Crippen molar-refractivity contribution in [2.24, 2.45) is 0 Å². The third-order valence-electron chi connectivity index (χ3n) is 3.58. The summed E-state index contributed by atoms with van der Waals surface area (Å²) in [4.78, 5) is 35.3. The highest BCUT2D eigenvalue weighted by atomic mass is 16.5. The maximum atomic E-state index is 12.2. The number of hydrogen-bond donors (Lipinski definition) is 2. The van der Waals surface area contributed by atoms with Crippen LogP contribution in [0.25, 0.3) is 0 Å². The number of benzene rings is 2. The lowest BCUT2D eigenvalue weighted by Crippen LogP contribution is -2.15. The third kappa shape index (κ3) is 5.60. The van der Waals surface area contributed by atoms with E-state index in [2.05, 4.69) is 14.8 Å². The molecule has 0 saturated heterocycles. The Morgan fingerprint density at radius 2 is 1.75 bits per heavy atom. The predicted molar refractivity (Wildman–Crippen MR) is 99.4 cm³/mol. The number of hydrogen-bond acceptors (Lipinski definition) is 8.